The molecule has 0 N–H and O–H groups in total. The lowest BCUT2D eigenvalue weighted by Crippen LogP contribution is -2.44. The molecule has 1 amide bonds. The summed E-state index contributed by atoms with van der Waals surface area (Å²) in [7, 11) is 3.94. The highest BCUT2D eigenvalue weighted by Crippen LogP contribution is 2.13. The monoisotopic (exact) mass is 224 g/mol. The van der Waals surface area contributed by atoms with Crippen LogP contribution < -0.4 is 0 Å². The maximum Gasteiger partial charge on any atom is 0.246 e. The Labute approximate surface area is 99.4 Å². The molecule has 0 heterocycles. The van der Waals surface area contributed by atoms with E-state index < -0.39 is 0 Å². The van der Waals surface area contributed by atoms with E-state index in [4.69, 9.17) is 0 Å². The largest absolute Gasteiger partial charge is 0.331 e. The number of hydrogen-bond acceptors (Lipinski definition) is 2. The van der Waals surface area contributed by atoms with Gasteiger partial charge in [0.2, 0.25) is 5.91 Å². The van der Waals surface area contributed by atoms with Gasteiger partial charge in [0.05, 0.1) is 0 Å². The molecule has 0 radical (unpaired) electrons. The number of nitrogens with zero attached hydrogens (tertiary/aromatic N) is 2. The molecule has 0 aliphatic rings. The summed E-state index contributed by atoms with van der Waals surface area (Å²) in [6.45, 7) is 11.1. The van der Waals surface area contributed by atoms with Gasteiger partial charge in [-0.2, -0.15) is 0 Å². The Balaban J connectivity index is 4.51. The average Bonchev–Trinajstić information content (AvgIpc) is 2.11. The Hall–Kier alpha value is -1.09. The molecule has 0 aromatic rings. The average molecular weight is 224 g/mol. The molecule has 0 saturated heterocycles. The van der Waals surface area contributed by atoms with Crippen LogP contribution in [0.5, 0.6) is 0 Å². The van der Waals surface area contributed by atoms with Crippen LogP contribution in [0.15, 0.2) is 24.8 Å². The van der Waals surface area contributed by atoms with Crippen LogP contribution in [-0.4, -0.2) is 48.4 Å². The van der Waals surface area contributed by atoms with Crippen LogP contribution in [-0.2, 0) is 4.79 Å². The third-order valence-electron chi connectivity index (χ3n) is 2.12. The van der Waals surface area contributed by atoms with Gasteiger partial charge >= 0.3 is 0 Å². The first kappa shape index (κ1) is 14.9. The molecule has 0 saturated carbocycles. The molecule has 0 aliphatic heterocycles. The van der Waals surface area contributed by atoms with Crippen molar-refractivity contribution in [3.05, 3.63) is 24.8 Å². The van der Waals surface area contributed by atoms with Gasteiger partial charge in [-0.25, -0.2) is 0 Å². The molecule has 0 aromatic carbocycles. The van der Waals surface area contributed by atoms with Crippen LogP contribution in [0.3, 0.4) is 0 Å². The highest BCUT2D eigenvalue weighted by molar-refractivity contribution is 5.88. The molecular formula is C13H24N2O. The zero-order chi connectivity index (χ0) is 12.8. The Morgan fingerprint density at radius 1 is 1.25 bits per heavy atom. The predicted molar refractivity (Wildman–Crippen MR) is 69.4 cm³/mol. The lowest BCUT2D eigenvalue weighted by atomic mass is 10.1. The van der Waals surface area contributed by atoms with Gasteiger partial charge in [-0.3, -0.25) is 4.79 Å². The summed E-state index contributed by atoms with van der Waals surface area (Å²) < 4.78 is 0. The molecule has 0 atom stereocenters. The van der Waals surface area contributed by atoms with E-state index in [1.807, 2.05) is 45.8 Å². The Bertz CT molecular complexity index is 262. The van der Waals surface area contributed by atoms with Gasteiger partial charge in [-0.15, -0.1) is 6.58 Å². The fourth-order valence-electron chi connectivity index (χ4n) is 1.28. The second-order valence-corrected chi connectivity index (χ2v) is 5.07. The normalized spacial score (nSPS) is 12.1. The van der Waals surface area contributed by atoms with Gasteiger partial charge in [0.1, 0.15) is 0 Å². The molecule has 3 nitrogen and oxygen atoms in total. The maximum absolute atomic E-state index is 11.9. The quantitative estimate of drug-likeness (QED) is 0.526. The molecule has 0 aromatic heterocycles. The van der Waals surface area contributed by atoms with Crippen molar-refractivity contribution in [3.63, 3.8) is 0 Å². The van der Waals surface area contributed by atoms with E-state index in [0.717, 1.165) is 6.54 Å². The van der Waals surface area contributed by atoms with E-state index in [-0.39, 0.29) is 11.4 Å². The number of rotatable bonds is 5. The number of likely N-dealkylation sites (N-methyl/N-ethyl adjacent to an activating group) is 1. The summed E-state index contributed by atoms with van der Waals surface area (Å²) >= 11 is 0. The van der Waals surface area contributed by atoms with E-state index >= 15 is 0 Å². The second-order valence-electron chi connectivity index (χ2n) is 5.07. The third-order valence-corrected chi connectivity index (χ3v) is 2.12. The van der Waals surface area contributed by atoms with Crippen molar-refractivity contribution in [1.29, 1.82) is 0 Å². The predicted octanol–water partition coefficient (Wildman–Crippen LogP) is 1.92. The Morgan fingerprint density at radius 2 is 1.81 bits per heavy atom. The molecule has 0 bridgehead atoms. The van der Waals surface area contributed by atoms with Gasteiger partial charge < -0.3 is 9.80 Å². The second kappa shape index (κ2) is 6.48. The standard InChI is InChI=1S/C13H24N2O/c1-7-10-15(13(2,3)4)12(16)9-8-11-14(5)6/h7-9H,1,10-11H2,2-6H3/b9-8+. The lowest BCUT2D eigenvalue weighted by Gasteiger charge is -2.34. The zero-order valence-electron chi connectivity index (χ0n) is 11.2. The molecule has 92 valence electrons. The summed E-state index contributed by atoms with van der Waals surface area (Å²) in [6, 6.07) is 0. The zero-order valence-corrected chi connectivity index (χ0v) is 11.2. The van der Waals surface area contributed by atoms with E-state index in [0.29, 0.717) is 6.54 Å². The highest BCUT2D eigenvalue weighted by atomic mass is 16.2. The molecule has 0 unspecified atom stereocenters. The minimum Gasteiger partial charge on any atom is -0.331 e. The Kier molecular flexibility index (Phi) is 6.04. The van der Waals surface area contributed by atoms with E-state index in [9.17, 15) is 4.79 Å². The minimum absolute atomic E-state index is 0.0363. The van der Waals surface area contributed by atoms with Crippen molar-refractivity contribution in [3.8, 4) is 0 Å². The minimum atomic E-state index is -0.173. The fourth-order valence-corrected chi connectivity index (χ4v) is 1.28. The number of hydrogen-bond donors (Lipinski definition) is 0. The van der Waals surface area contributed by atoms with Crippen LogP contribution >= 0.6 is 0 Å². The van der Waals surface area contributed by atoms with Crippen LogP contribution in [0, 0.1) is 0 Å². The molecular weight excluding hydrogens is 200 g/mol. The van der Waals surface area contributed by atoms with Crippen molar-refractivity contribution in [2.45, 2.75) is 26.3 Å². The van der Waals surface area contributed by atoms with Crippen LogP contribution in [0.2, 0.25) is 0 Å². The van der Waals surface area contributed by atoms with Crippen molar-refractivity contribution in [1.82, 2.24) is 9.80 Å². The molecule has 0 aliphatic carbocycles. The van der Waals surface area contributed by atoms with Gasteiger partial charge in [0.15, 0.2) is 0 Å². The van der Waals surface area contributed by atoms with Gasteiger partial charge in [-0.1, -0.05) is 12.2 Å². The highest BCUT2D eigenvalue weighted by Gasteiger charge is 2.23. The third kappa shape index (κ3) is 5.71. The summed E-state index contributed by atoms with van der Waals surface area (Å²) in [4.78, 5) is 15.7. The van der Waals surface area contributed by atoms with Crippen LogP contribution in [0.1, 0.15) is 20.8 Å². The van der Waals surface area contributed by atoms with Crippen molar-refractivity contribution < 1.29 is 4.79 Å². The molecule has 16 heavy (non-hydrogen) atoms. The number of amides is 1. The first-order valence-electron chi connectivity index (χ1n) is 5.52. The van der Waals surface area contributed by atoms with Gasteiger partial charge in [0, 0.05) is 24.7 Å². The smallest absolute Gasteiger partial charge is 0.246 e. The van der Waals surface area contributed by atoms with E-state index in [1.54, 1.807) is 17.1 Å². The van der Waals surface area contributed by atoms with Gasteiger partial charge in [0.25, 0.3) is 0 Å². The first-order valence-corrected chi connectivity index (χ1v) is 5.52. The molecule has 0 spiro atoms. The Morgan fingerprint density at radius 3 is 2.19 bits per heavy atom. The number of carbonyl (C=O) groups excluding carboxylic acids is 1. The first-order chi connectivity index (χ1) is 7.29. The van der Waals surface area contributed by atoms with Crippen LogP contribution in [0.4, 0.5) is 0 Å². The van der Waals surface area contributed by atoms with Crippen molar-refractivity contribution in [2.24, 2.45) is 0 Å². The fraction of sp³-hybridized carbons (Fsp3) is 0.615. The van der Waals surface area contributed by atoms with Crippen LogP contribution in [0.25, 0.3) is 0 Å². The van der Waals surface area contributed by atoms with E-state index in [2.05, 4.69) is 6.58 Å². The lowest BCUT2D eigenvalue weighted by molar-refractivity contribution is -0.129. The SMILES string of the molecule is C=CCN(C(=O)/C=C/CN(C)C)C(C)(C)C. The summed E-state index contributed by atoms with van der Waals surface area (Å²) in [5.41, 5.74) is -0.173. The molecule has 0 fully saturated rings. The molecule has 0 rings (SSSR count). The van der Waals surface area contributed by atoms with Gasteiger partial charge in [-0.05, 0) is 34.9 Å². The summed E-state index contributed by atoms with van der Waals surface area (Å²) in [6.07, 6.45) is 5.27. The maximum atomic E-state index is 11.9. The number of carbonyl (C=O) groups is 1. The topological polar surface area (TPSA) is 23.6 Å². The van der Waals surface area contributed by atoms with E-state index in [1.165, 1.54) is 0 Å². The van der Waals surface area contributed by atoms with Crippen molar-refractivity contribution >= 4 is 5.91 Å². The summed E-state index contributed by atoms with van der Waals surface area (Å²) in [5.74, 6) is 0.0363. The summed E-state index contributed by atoms with van der Waals surface area (Å²) in [5, 5.41) is 0. The van der Waals surface area contributed by atoms with Crippen molar-refractivity contribution in [2.75, 3.05) is 27.2 Å². The molecule has 3 heteroatoms.